The molecule has 0 bridgehead atoms. The molecule has 0 fully saturated rings. The van der Waals surface area contributed by atoms with Gasteiger partial charge >= 0.3 is 5.97 Å². The Balaban J connectivity index is 1.78. The minimum absolute atomic E-state index is 0.332. The Morgan fingerprint density at radius 3 is 2.37 bits per heavy atom. The van der Waals surface area contributed by atoms with Crippen LogP contribution >= 0.6 is 0 Å². The van der Waals surface area contributed by atoms with Gasteiger partial charge in [0.05, 0.1) is 14.2 Å². The standard InChI is InChI=1S/C21H23NO5/c1-15-4-6-17(7-5-15)13-22-20(23)14-27-21(24)11-9-16-8-10-18(25-2)19(12-16)26-3/h4-12H,13-14H2,1-3H3,(H,22,23)/b11-9+. The highest BCUT2D eigenvalue weighted by Crippen LogP contribution is 2.27. The van der Waals surface area contributed by atoms with Crippen LogP contribution < -0.4 is 14.8 Å². The van der Waals surface area contributed by atoms with E-state index in [0.29, 0.717) is 18.0 Å². The fourth-order valence-electron chi connectivity index (χ4n) is 2.26. The lowest BCUT2D eigenvalue weighted by Crippen LogP contribution is -2.28. The summed E-state index contributed by atoms with van der Waals surface area (Å²) in [5.74, 6) is 0.199. The second-order valence-electron chi connectivity index (χ2n) is 5.82. The number of esters is 1. The predicted octanol–water partition coefficient (Wildman–Crippen LogP) is 2.89. The maximum Gasteiger partial charge on any atom is 0.331 e. The molecule has 1 N–H and O–H groups in total. The predicted molar refractivity (Wildman–Crippen MR) is 103 cm³/mol. The van der Waals surface area contributed by atoms with Crippen molar-refractivity contribution >= 4 is 18.0 Å². The summed E-state index contributed by atoms with van der Waals surface area (Å²) in [4.78, 5) is 23.5. The molecule has 0 aliphatic rings. The van der Waals surface area contributed by atoms with Gasteiger partial charge in [0.1, 0.15) is 0 Å². The molecule has 0 atom stereocenters. The van der Waals surface area contributed by atoms with Crippen LogP contribution in [-0.2, 0) is 20.9 Å². The van der Waals surface area contributed by atoms with Crippen molar-refractivity contribution in [3.05, 3.63) is 65.2 Å². The number of rotatable bonds is 8. The Morgan fingerprint density at radius 2 is 1.70 bits per heavy atom. The Morgan fingerprint density at radius 1 is 1.00 bits per heavy atom. The van der Waals surface area contributed by atoms with Crippen molar-refractivity contribution in [2.24, 2.45) is 0 Å². The zero-order valence-electron chi connectivity index (χ0n) is 15.7. The molecule has 0 heterocycles. The molecule has 0 unspecified atom stereocenters. The Labute approximate surface area is 158 Å². The van der Waals surface area contributed by atoms with E-state index >= 15 is 0 Å². The Bertz CT molecular complexity index is 812. The van der Waals surface area contributed by atoms with E-state index in [9.17, 15) is 9.59 Å². The van der Waals surface area contributed by atoms with Crippen LogP contribution in [0.4, 0.5) is 0 Å². The van der Waals surface area contributed by atoms with Gasteiger partial charge in [0.15, 0.2) is 18.1 Å². The van der Waals surface area contributed by atoms with Gasteiger partial charge < -0.3 is 19.5 Å². The Kier molecular flexibility index (Phi) is 7.43. The van der Waals surface area contributed by atoms with Crippen LogP contribution in [0.25, 0.3) is 6.08 Å². The summed E-state index contributed by atoms with van der Waals surface area (Å²) in [6, 6.07) is 13.1. The van der Waals surface area contributed by atoms with E-state index in [1.165, 1.54) is 13.2 Å². The van der Waals surface area contributed by atoms with E-state index in [1.807, 2.05) is 31.2 Å². The van der Waals surface area contributed by atoms with Crippen LogP contribution in [0.5, 0.6) is 11.5 Å². The van der Waals surface area contributed by atoms with Gasteiger partial charge in [0.2, 0.25) is 0 Å². The molecule has 27 heavy (non-hydrogen) atoms. The zero-order valence-corrected chi connectivity index (χ0v) is 15.7. The first-order valence-corrected chi connectivity index (χ1v) is 8.41. The molecule has 6 heteroatoms. The van der Waals surface area contributed by atoms with Crippen molar-refractivity contribution in [1.82, 2.24) is 5.32 Å². The lowest BCUT2D eigenvalue weighted by Gasteiger charge is -2.07. The molecule has 142 valence electrons. The van der Waals surface area contributed by atoms with E-state index in [-0.39, 0.29) is 12.5 Å². The second kappa shape index (κ2) is 10.0. The van der Waals surface area contributed by atoms with Gasteiger partial charge in [-0.1, -0.05) is 35.9 Å². The fourth-order valence-corrected chi connectivity index (χ4v) is 2.26. The normalized spacial score (nSPS) is 10.5. The topological polar surface area (TPSA) is 73.9 Å². The molecule has 0 spiro atoms. The molecular weight excluding hydrogens is 346 g/mol. The molecule has 2 rings (SSSR count). The second-order valence-corrected chi connectivity index (χ2v) is 5.82. The zero-order chi connectivity index (χ0) is 19.6. The van der Waals surface area contributed by atoms with Crippen molar-refractivity contribution in [3.8, 4) is 11.5 Å². The molecule has 0 aliphatic heterocycles. The number of nitrogens with one attached hydrogen (secondary N) is 1. The number of carbonyl (C=O) groups is 2. The van der Waals surface area contributed by atoms with Gasteiger partial charge in [0.25, 0.3) is 5.91 Å². The van der Waals surface area contributed by atoms with Crippen molar-refractivity contribution in [3.63, 3.8) is 0 Å². The lowest BCUT2D eigenvalue weighted by atomic mass is 10.1. The van der Waals surface area contributed by atoms with Crippen LogP contribution in [0.1, 0.15) is 16.7 Å². The fraction of sp³-hybridized carbons (Fsp3) is 0.238. The number of aryl methyl sites for hydroxylation is 1. The molecular formula is C21H23NO5. The maximum atomic E-state index is 11.8. The van der Waals surface area contributed by atoms with Crippen molar-refractivity contribution in [2.75, 3.05) is 20.8 Å². The van der Waals surface area contributed by atoms with Gasteiger partial charge in [-0.25, -0.2) is 4.79 Å². The SMILES string of the molecule is COc1ccc(/C=C/C(=O)OCC(=O)NCc2ccc(C)cc2)cc1OC. The third kappa shape index (κ3) is 6.51. The average molecular weight is 369 g/mol. The molecule has 0 saturated heterocycles. The van der Waals surface area contributed by atoms with Crippen LogP contribution in [0, 0.1) is 6.92 Å². The summed E-state index contributed by atoms with van der Waals surface area (Å²) < 4.78 is 15.3. The maximum absolute atomic E-state index is 11.8. The molecule has 1 amide bonds. The molecule has 2 aromatic rings. The van der Waals surface area contributed by atoms with Crippen molar-refractivity contribution in [1.29, 1.82) is 0 Å². The summed E-state index contributed by atoms with van der Waals surface area (Å²) in [6.45, 7) is 2.05. The van der Waals surface area contributed by atoms with Crippen LogP contribution in [0.3, 0.4) is 0 Å². The summed E-state index contributed by atoms with van der Waals surface area (Å²) in [7, 11) is 3.09. The number of carbonyl (C=O) groups excluding carboxylic acids is 2. The summed E-state index contributed by atoms with van der Waals surface area (Å²) >= 11 is 0. The third-order valence-corrected chi connectivity index (χ3v) is 3.78. The smallest absolute Gasteiger partial charge is 0.331 e. The highest BCUT2D eigenvalue weighted by Gasteiger charge is 2.06. The van der Waals surface area contributed by atoms with E-state index < -0.39 is 5.97 Å². The van der Waals surface area contributed by atoms with Crippen LogP contribution in [0.15, 0.2) is 48.5 Å². The average Bonchev–Trinajstić information content (AvgIpc) is 2.69. The quantitative estimate of drug-likeness (QED) is 0.572. The minimum Gasteiger partial charge on any atom is -0.493 e. The largest absolute Gasteiger partial charge is 0.493 e. The summed E-state index contributed by atoms with van der Waals surface area (Å²) in [5.41, 5.74) is 2.88. The Hall–Kier alpha value is -3.28. The number of amides is 1. The number of hydrogen-bond acceptors (Lipinski definition) is 5. The molecule has 0 saturated carbocycles. The number of hydrogen-bond donors (Lipinski definition) is 1. The number of benzene rings is 2. The van der Waals surface area contributed by atoms with Crippen molar-refractivity contribution < 1.29 is 23.8 Å². The van der Waals surface area contributed by atoms with E-state index in [2.05, 4.69) is 5.32 Å². The van der Waals surface area contributed by atoms with E-state index in [0.717, 1.165) is 16.7 Å². The van der Waals surface area contributed by atoms with E-state index in [1.54, 1.807) is 31.4 Å². The summed E-state index contributed by atoms with van der Waals surface area (Å²) in [5, 5.41) is 2.70. The molecule has 0 radical (unpaired) electrons. The summed E-state index contributed by atoms with van der Waals surface area (Å²) in [6.07, 6.45) is 2.84. The first-order valence-electron chi connectivity index (χ1n) is 8.41. The molecule has 2 aromatic carbocycles. The number of ether oxygens (including phenoxy) is 3. The molecule has 6 nitrogen and oxygen atoms in total. The minimum atomic E-state index is -0.602. The first-order chi connectivity index (χ1) is 13.0. The highest BCUT2D eigenvalue weighted by atomic mass is 16.5. The monoisotopic (exact) mass is 369 g/mol. The molecule has 0 aliphatic carbocycles. The van der Waals surface area contributed by atoms with Gasteiger partial charge in [0, 0.05) is 12.6 Å². The molecule has 0 aromatic heterocycles. The lowest BCUT2D eigenvalue weighted by molar-refractivity contribution is -0.143. The number of methoxy groups -OCH3 is 2. The van der Waals surface area contributed by atoms with Gasteiger partial charge in [-0.15, -0.1) is 0 Å². The van der Waals surface area contributed by atoms with Crippen molar-refractivity contribution in [2.45, 2.75) is 13.5 Å². The first kappa shape index (κ1) is 20.0. The van der Waals surface area contributed by atoms with Gasteiger partial charge in [-0.05, 0) is 36.3 Å². The van der Waals surface area contributed by atoms with Crippen LogP contribution in [-0.4, -0.2) is 32.7 Å². The van der Waals surface area contributed by atoms with Crippen LogP contribution in [0.2, 0.25) is 0 Å². The third-order valence-electron chi connectivity index (χ3n) is 3.78. The highest BCUT2D eigenvalue weighted by molar-refractivity contribution is 5.89. The van der Waals surface area contributed by atoms with Gasteiger partial charge in [-0.3, -0.25) is 4.79 Å². The van der Waals surface area contributed by atoms with E-state index in [4.69, 9.17) is 14.2 Å². The van der Waals surface area contributed by atoms with Gasteiger partial charge in [-0.2, -0.15) is 0 Å².